The Morgan fingerprint density at radius 2 is 2.07 bits per heavy atom. The summed E-state index contributed by atoms with van der Waals surface area (Å²) >= 11 is 1.57. The molecule has 140 valence electrons. The van der Waals surface area contributed by atoms with Gasteiger partial charge in [-0.3, -0.25) is 5.41 Å². The molecule has 1 aliphatic rings. The minimum absolute atomic E-state index is 0.428. The van der Waals surface area contributed by atoms with Gasteiger partial charge in [0.05, 0.1) is 10.6 Å². The maximum absolute atomic E-state index is 8.19. The number of aryl methyl sites for hydroxylation is 1. The Kier molecular flexibility index (Phi) is 5.68. The van der Waals surface area contributed by atoms with Crippen molar-refractivity contribution in [3.63, 3.8) is 0 Å². The molecule has 4 rings (SSSR count). The second kappa shape index (κ2) is 8.53. The molecule has 3 aromatic rings. The van der Waals surface area contributed by atoms with E-state index >= 15 is 0 Å². The van der Waals surface area contributed by atoms with Gasteiger partial charge in [-0.15, -0.1) is 11.3 Å². The quantitative estimate of drug-likeness (QED) is 0.359. The summed E-state index contributed by atoms with van der Waals surface area (Å²) in [7, 11) is 0. The maximum Gasteiger partial charge on any atom is 0.140 e. The van der Waals surface area contributed by atoms with Crippen molar-refractivity contribution in [2.45, 2.75) is 44.9 Å². The molecule has 4 nitrogen and oxygen atoms in total. The average molecular weight is 379 g/mol. The van der Waals surface area contributed by atoms with E-state index in [1.165, 1.54) is 38.5 Å². The van der Waals surface area contributed by atoms with Crippen LogP contribution in [0.25, 0.3) is 11.3 Å². The van der Waals surface area contributed by atoms with Gasteiger partial charge in [0.25, 0.3) is 0 Å². The molecule has 2 heterocycles. The van der Waals surface area contributed by atoms with Crippen LogP contribution in [0.4, 0.5) is 5.69 Å². The molecule has 1 aromatic carbocycles. The van der Waals surface area contributed by atoms with Crippen molar-refractivity contribution in [1.29, 1.82) is 5.41 Å². The molecular formula is C22H26N4S. The molecule has 0 bridgehead atoms. The summed E-state index contributed by atoms with van der Waals surface area (Å²) in [5, 5.41) is 13.4. The zero-order valence-corrected chi connectivity index (χ0v) is 16.3. The number of nitrogens with one attached hydrogen (secondary N) is 3. The van der Waals surface area contributed by atoms with E-state index in [9.17, 15) is 0 Å². The van der Waals surface area contributed by atoms with Crippen molar-refractivity contribution >= 4 is 22.9 Å². The Balaban J connectivity index is 1.40. The highest BCUT2D eigenvalue weighted by Gasteiger charge is 2.14. The molecule has 27 heavy (non-hydrogen) atoms. The molecule has 0 saturated heterocycles. The minimum atomic E-state index is 0.428. The lowest BCUT2D eigenvalue weighted by Crippen LogP contribution is -2.10. The smallest absolute Gasteiger partial charge is 0.140 e. The number of thiophene rings is 1. The Hall–Kier alpha value is -2.40. The van der Waals surface area contributed by atoms with Crippen LogP contribution in [0.1, 0.15) is 49.2 Å². The van der Waals surface area contributed by atoms with E-state index in [0.29, 0.717) is 5.84 Å². The summed E-state index contributed by atoms with van der Waals surface area (Å²) < 4.78 is 0. The van der Waals surface area contributed by atoms with E-state index in [0.717, 1.165) is 40.0 Å². The first-order chi connectivity index (χ1) is 13.3. The van der Waals surface area contributed by atoms with Crippen LogP contribution < -0.4 is 5.32 Å². The van der Waals surface area contributed by atoms with Crippen LogP contribution in [0.2, 0.25) is 0 Å². The first kappa shape index (κ1) is 18.0. The first-order valence-corrected chi connectivity index (χ1v) is 10.7. The van der Waals surface area contributed by atoms with Crippen LogP contribution in [0, 0.1) is 11.3 Å². The summed E-state index contributed by atoms with van der Waals surface area (Å²) in [4.78, 5) is 9.09. The highest BCUT2D eigenvalue weighted by atomic mass is 32.1. The van der Waals surface area contributed by atoms with Gasteiger partial charge in [0.1, 0.15) is 11.7 Å². The highest BCUT2D eigenvalue weighted by molar-refractivity contribution is 7.12. The monoisotopic (exact) mass is 378 g/mol. The number of nitrogens with zero attached hydrogens (tertiary/aromatic N) is 1. The third-order valence-corrected chi connectivity index (χ3v) is 6.23. The summed E-state index contributed by atoms with van der Waals surface area (Å²) in [6.07, 6.45) is 11.3. The van der Waals surface area contributed by atoms with Gasteiger partial charge < -0.3 is 10.3 Å². The van der Waals surface area contributed by atoms with Gasteiger partial charge in [0.15, 0.2) is 0 Å². The van der Waals surface area contributed by atoms with Crippen molar-refractivity contribution in [1.82, 2.24) is 9.97 Å². The number of H-pyrrole nitrogens is 1. The third kappa shape index (κ3) is 4.66. The Labute approximate surface area is 164 Å². The predicted octanol–water partition coefficient (Wildman–Crippen LogP) is 6.09. The van der Waals surface area contributed by atoms with Crippen molar-refractivity contribution in [3.8, 4) is 11.3 Å². The van der Waals surface area contributed by atoms with Crippen molar-refractivity contribution in [2.75, 3.05) is 5.32 Å². The Bertz CT molecular complexity index is 875. The van der Waals surface area contributed by atoms with Crippen LogP contribution in [0.3, 0.4) is 0 Å². The Morgan fingerprint density at radius 3 is 2.89 bits per heavy atom. The molecule has 5 heteroatoms. The van der Waals surface area contributed by atoms with Gasteiger partial charge in [-0.05, 0) is 35.9 Å². The highest BCUT2D eigenvalue weighted by Crippen LogP contribution is 2.28. The van der Waals surface area contributed by atoms with E-state index < -0.39 is 0 Å². The van der Waals surface area contributed by atoms with Gasteiger partial charge in [0, 0.05) is 23.9 Å². The summed E-state index contributed by atoms with van der Waals surface area (Å²) in [6.45, 7) is 0. The standard InChI is InChI=1S/C22H26N4S/c23-22(20-10-5-13-27-20)25-18-9-4-8-17(14-18)19-15-24-21(26-19)12-11-16-6-2-1-3-7-16/h4-5,8-10,13-16H,1-3,6-7,11-12H2,(H2,23,25)(H,24,26). The first-order valence-electron chi connectivity index (χ1n) is 9.82. The van der Waals surface area contributed by atoms with Crippen molar-refractivity contribution in [2.24, 2.45) is 5.92 Å². The molecule has 0 spiro atoms. The fourth-order valence-corrected chi connectivity index (χ4v) is 4.47. The predicted molar refractivity (Wildman–Crippen MR) is 114 cm³/mol. The van der Waals surface area contributed by atoms with E-state index in [-0.39, 0.29) is 0 Å². The van der Waals surface area contributed by atoms with E-state index in [1.807, 2.05) is 35.8 Å². The summed E-state index contributed by atoms with van der Waals surface area (Å²) in [6, 6.07) is 12.0. The number of hydrogen-bond donors (Lipinski definition) is 3. The number of benzene rings is 1. The second-order valence-electron chi connectivity index (χ2n) is 7.33. The van der Waals surface area contributed by atoms with Gasteiger partial charge in [-0.2, -0.15) is 0 Å². The van der Waals surface area contributed by atoms with Crippen LogP contribution in [0.15, 0.2) is 48.0 Å². The number of aromatic amines is 1. The molecular weight excluding hydrogens is 352 g/mol. The lowest BCUT2D eigenvalue weighted by Gasteiger charge is -2.20. The molecule has 0 radical (unpaired) electrons. The number of aromatic nitrogens is 2. The van der Waals surface area contributed by atoms with Crippen LogP contribution in [0.5, 0.6) is 0 Å². The third-order valence-electron chi connectivity index (χ3n) is 5.34. The van der Waals surface area contributed by atoms with Gasteiger partial charge >= 0.3 is 0 Å². The number of rotatable bonds is 6. The number of amidine groups is 1. The molecule has 3 N–H and O–H groups in total. The minimum Gasteiger partial charge on any atom is -0.348 e. The van der Waals surface area contributed by atoms with E-state index in [4.69, 9.17) is 10.4 Å². The number of imidazole rings is 1. The van der Waals surface area contributed by atoms with Crippen molar-refractivity contribution < 1.29 is 0 Å². The van der Waals surface area contributed by atoms with Crippen LogP contribution in [-0.4, -0.2) is 15.8 Å². The maximum atomic E-state index is 8.19. The molecule has 2 aromatic heterocycles. The largest absolute Gasteiger partial charge is 0.348 e. The normalized spacial score (nSPS) is 15.0. The van der Waals surface area contributed by atoms with E-state index in [2.05, 4.69) is 22.4 Å². The van der Waals surface area contributed by atoms with Gasteiger partial charge in [-0.1, -0.05) is 50.3 Å². The Morgan fingerprint density at radius 1 is 1.19 bits per heavy atom. The topological polar surface area (TPSA) is 64.6 Å². The molecule has 1 aliphatic carbocycles. The molecule has 0 unspecified atom stereocenters. The fraction of sp³-hybridized carbons (Fsp3) is 0.364. The number of anilines is 1. The zero-order valence-electron chi connectivity index (χ0n) is 15.5. The molecule has 0 aliphatic heterocycles. The molecule has 1 saturated carbocycles. The molecule has 0 atom stereocenters. The zero-order chi connectivity index (χ0) is 18.5. The fourth-order valence-electron chi connectivity index (χ4n) is 3.84. The summed E-state index contributed by atoms with van der Waals surface area (Å²) in [5.74, 6) is 2.39. The van der Waals surface area contributed by atoms with Gasteiger partial charge in [0.2, 0.25) is 0 Å². The van der Waals surface area contributed by atoms with Crippen LogP contribution in [-0.2, 0) is 6.42 Å². The average Bonchev–Trinajstić information content (AvgIpc) is 3.40. The second-order valence-corrected chi connectivity index (χ2v) is 8.28. The lowest BCUT2D eigenvalue weighted by atomic mass is 9.86. The van der Waals surface area contributed by atoms with Crippen molar-refractivity contribution in [3.05, 3.63) is 58.7 Å². The SMILES string of the molecule is N=C(Nc1cccc(-c2c[nH]c(CCC3CCCCC3)n2)c1)c1cccs1. The lowest BCUT2D eigenvalue weighted by molar-refractivity contribution is 0.337. The molecule has 0 amide bonds. The van der Waals surface area contributed by atoms with Gasteiger partial charge in [-0.25, -0.2) is 4.98 Å². The summed E-state index contributed by atoms with van der Waals surface area (Å²) in [5.41, 5.74) is 2.96. The van der Waals surface area contributed by atoms with Crippen LogP contribution >= 0.6 is 11.3 Å². The number of hydrogen-bond acceptors (Lipinski definition) is 3. The molecule has 1 fully saturated rings. The van der Waals surface area contributed by atoms with E-state index in [1.54, 1.807) is 11.3 Å².